The number of halogens is 4. The Hall–Kier alpha value is -9.14. The number of benzene rings is 3. The number of amides is 3. The van der Waals surface area contributed by atoms with Crippen LogP contribution in [0.5, 0.6) is 0 Å². The molecule has 8 aromatic rings. The van der Waals surface area contributed by atoms with E-state index in [1.54, 1.807) is 24.4 Å². The van der Waals surface area contributed by atoms with Gasteiger partial charge in [-0.3, -0.25) is 24.8 Å². The van der Waals surface area contributed by atoms with Gasteiger partial charge in [0.25, 0.3) is 0 Å². The van der Waals surface area contributed by atoms with E-state index in [9.17, 15) is 34.6 Å². The van der Waals surface area contributed by atoms with Crippen LogP contribution in [0.2, 0.25) is 20.6 Å². The number of fused-ring (bicyclic) bond motifs is 1. The highest BCUT2D eigenvalue weighted by Crippen LogP contribution is 2.45. The largest absolute Gasteiger partial charge is 0.444 e. The van der Waals surface area contributed by atoms with E-state index in [1.165, 1.54) is 37.1 Å². The maximum absolute atomic E-state index is 12.5. The number of anilines is 4. The van der Waals surface area contributed by atoms with Crippen LogP contribution in [0.15, 0.2) is 128 Å². The van der Waals surface area contributed by atoms with Gasteiger partial charge < -0.3 is 51.7 Å². The summed E-state index contributed by atoms with van der Waals surface area (Å²) in [5.41, 5.74) is 16.0. The summed E-state index contributed by atoms with van der Waals surface area (Å²) in [5.74, 6) is 1.07. The molecular weight excluding hydrogens is 1350 g/mol. The molecule has 25 nitrogen and oxygen atoms in total. The Kier molecular flexibility index (Phi) is 24.6. The zero-order valence-corrected chi connectivity index (χ0v) is 59.6. The number of carbonyl (C=O) groups is 3. The Bertz CT molecular complexity index is 4140. The lowest BCUT2D eigenvalue weighted by molar-refractivity contribution is -0.385. The molecule has 3 saturated carbocycles. The molecule has 4 fully saturated rings. The van der Waals surface area contributed by atoms with Crippen LogP contribution in [0.1, 0.15) is 150 Å². The second-order valence-corrected chi connectivity index (χ2v) is 28.5. The predicted molar refractivity (Wildman–Crippen MR) is 384 cm³/mol. The molecule has 3 amide bonds. The van der Waals surface area contributed by atoms with Gasteiger partial charge in [-0.25, -0.2) is 39.3 Å². The van der Waals surface area contributed by atoms with Crippen molar-refractivity contribution in [3.63, 3.8) is 0 Å². The van der Waals surface area contributed by atoms with E-state index < -0.39 is 49.9 Å². The van der Waals surface area contributed by atoms with Crippen LogP contribution >= 0.6 is 46.4 Å². The average Bonchev–Trinajstić information content (AvgIpc) is 1.72. The number of nitrogens with zero attached hydrogens (tertiary/aromatic N) is 8. The number of imidazole rings is 1. The number of aromatic nitrogens is 6. The van der Waals surface area contributed by atoms with E-state index >= 15 is 0 Å². The van der Waals surface area contributed by atoms with Gasteiger partial charge in [0.1, 0.15) is 43.6 Å². The third kappa shape index (κ3) is 20.7. The maximum atomic E-state index is 12.5. The Morgan fingerprint density at radius 2 is 0.960 bits per heavy atom. The van der Waals surface area contributed by atoms with Crippen molar-refractivity contribution in [3.05, 3.63) is 185 Å². The fourth-order valence-electron chi connectivity index (χ4n) is 11.0. The normalized spacial score (nSPS) is 15.4. The monoisotopic (exact) mass is 1430 g/mol. The van der Waals surface area contributed by atoms with Crippen molar-refractivity contribution in [2.24, 2.45) is 0 Å². The zero-order valence-electron chi connectivity index (χ0n) is 56.6. The third-order valence-corrected chi connectivity index (χ3v) is 17.0. The van der Waals surface area contributed by atoms with Crippen molar-refractivity contribution in [1.82, 2.24) is 45.4 Å². The number of hydrogen-bond donors (Lipinski definition) is 6. The number of nitro groups is 2. The molecule has 0 radical (unpaired) electrons. The van der Waals surface area contributed by atoms with Crippen molar-refractivity contribution < 1.29 is 43.2 Å². The molecule has 3 aromatic carbocycles. The summed E-state index contributed by atoms with van der Waals surface area (Å²) >= 11 is 22.9. The molecule has 1 aliphatic heterocycles. The highest BCUT2D eigenvalue weighted by molar-refractivity contribution is 6.33. The maximum Gasteiger partial charge on any atom is 0.408 e. The number of alkyl carbamates (subject to hydrolysis) is 3. The molecular formula is C70H82Cl4N14O11. The van der Waals surface area contributed by atoms with Gasteiger partial charge in [-0.15, -0.1) is 0 Å². The van der Waals surface area contributed by atoms with Gasteiger partial charge in [0.15, 0.2) is 11.5 Å². The van der Waals surface area contributed by atoms with Crippen molar-refractivity contribution in [1.29, 1.82) is 0 Å². The summed E-state index contributed by atoms with van der Waals surface area (Å²) in [6.45, 7) is 18.6. The van der Waals surface area contributed by atoms with Gasteiger partial charge in [0.05, 0.1) is 32.0 Å². The Morgan fingerprint density at radius 3 is 1.36 bits per heavy atom. The van der Waals surface area contributed by atoms with E-state index in [0.29, 0.717) is 39.2 Å². The van der Waals surface area contributed by atoms with E-state index in [1.807, 2.05) is 146 Å². The molecule has 8 N–H and O–H groups in total. The van der Waals surface area contributed by atoms with Crippen molar-refractivity contribution >= 4 is 110 Å². The van der Waals surface area contributed by atoms with Gasteiger partial charge >= 0.3 is 29.7 Å². The molecule has 6 heterocycles. The number of nitrogens with one attached hydrogen (secondary N) is 4. The third-order valence-electron chi connectivity index (χ3n) is 16.1. The fourth-order valence-corrected chi connectivity index (χ4v) is 11.7. The van der Waals surface area contributed by atoms with E-state index in [0.717, 1.165) is 99.1 Å². The number of ether oxygens (including phenoxy) is 4. The second-order valence-electron chi connectivity index (χ2n) is 27.0. The standard InChI is InChI=1S/C26H27ClN6O2.C20H23ClN4O4.C15H22N2O2.C5H2Cl2N2O2.C4H8O/c1-25(2,3)35-24(34)32-26(13-5-14-26)16-7-9-17(10-8-16)33-22(18-6-4-15-29-21(18)28)30-19-11-12-20(27)31-23(19)33;1-19(2,3)29-18(26)24-20(11-4-12-20)13-5-7-14(8-6-13)22-17-15(25(27)28)9-10-16(21)23-17;1-14(2,3)19-13(18)17-15(9-4-10-15)11-5-7-12(16)8-6-11;6-4-2-1-3(9(10)11)5(7)8-4;1-2-4-5-3-1/h4,6-12,15H,5,13-14H2,1-3H3,(H2,28,29)(H,32,34);5-10H,4,11-12H2,1-3H3,(H,22,23)(H,24,26);5-8H,4,9-10,16H2,1-3H3,(H,17,18);1-2H;1-4H2. The minimum Gasteiger partial charge on any atom is -0.444 e. The SMILES string of the molecule is C1CCOC1.CC(C)(C)OC(=O)NC1(c2ccc(-n3c(-c4cccnc4N)nc4ccc(Cl)nc43)cc2)CCC1.CC(C)(C)OC(=O)NC1(c2ccc(N)cc2)CCC1.CC(C)(C)OC(=O)NC1(c2ccc(Nc3nc(Cl)ccc3[N+](=O)[O-])cc2)CCC1.O=[N+]([O-])c1ccc(Cl)nc1Cl. The quantitative estimate of drug-likeness (QED) is 0.0217. The molecule has 0 atom stereocenters. The predicted octanol–water partition coefficient (Wildman–Crippen LogP) is 17.2. The first kappa shape index (κ1) is 75.6. The topological polar surface area (TPSA) is 344 Å². The van der Waals surface area contributed by atoms with Crippen molar-refractivity contribution in [2.75, 3.05) is 30.0 Å². The zero-order chi connectivity index (χ0) is 72.1. The molecule has 12 rings (SSSR count). The van der Waals surface area contributed by atoms with Crippen molar-refractivity contribution in [2.45, 2.75) is 166 Å². The van der Waals surface area contributed by atoms with E-state index in [4.69, 9.17) is 81.8 Å². The number of nitrogens with two attached hydrogens (primary N) is 2. The van der Waals surface area contributed by atoms with Gasteiger partial charge in [0.2, 0.25) is 11.0 Å². The molecule has 0 spiro atoms. The van der Waals surface area contributed by atoms with Crippen LogP contribution in [0, 0.1) is 20.2 Å². The van der Waals surface area contributed by atoms with Crippen LogP contribution in [-0.2, 0) is 35.6 Å². The van der Waals surface area contributed by atoms with Gasteiger partial charge in [-0.1, -0.05) is 82.8 Å². The minimum absolute atomic E-state index is 0.0699. The number of nitrogen functional groups attached to an aromatic ring is 2. The Morgan fingerprint density at radius 1 is 0.535 bits per heavy atom. The first-order valence-corrected chi connectivity index (χ1v) is 33.7. The molecule has 5 aromatic heterocycles. The molecule has 4 aliphatic rings. The first-order chi connectivity index (χ1) is 46.6. The number of hydrogen-bond acceptors (Lipinski definition) is 19. The average molecular weight is 1440 g/mol. The van der Waals surface area contributed by atoms with Crippen molar-refractivity contribution in [3.8, 4) is 17.1 Å². The molecule has 526 valence electrons. The summed E-state index contributed by atoms with van der Waals surface area (Å²) in [6.07, 6.45) is 11.4. The Labute approximate surface area is 594 Å². The fraction of sp³-hybridized carbons (Fsp3) is 0.400. The summed E-state index contributed by atoms with van der Waals surface area (Å²) < 4.78 is 23.1. The van der Waals surface area contributed by atoms with Crippen LogP contribution in [0.4, 0.5) is 48.8 Å². The summed E-state index contributed by atoms with van der Waals surface area (Å²) in [7, 11) is 0. The number of pyridine rings is 4. The molecule has 1 saturated heterocycles. The molecule has 29 heteroatoms. The van der Waals surface area contributed by atoms with Crippen LogP contribution < -0.4 is 32.7 Å². The highest BCUT2D eigenvalue weighted by Gasteiger charge is 2.44. The second kappa shape index (κ2) is 32.2. The van der Waals surface area contributed by atoms with Gasteiger partial charge in [-0.05, 0) is 222 Å². The highest BCUT2D eigenvalue weighted by atomic mass is 35.5. The minimum atomic E-state index is -0.619. The van der Waals surface area contributed by atoms with Crippen LogP contribution in [-0.4, -0.2) is 87.6 Å². The summed E-state index contributed by atoms with van der Waals surface area (Å²) in [4.78, 5) is 78.0. The van der Waals surface area contributed by atoms with Crippen LogP contribution in [0.25, 0.3) is 28.2 Å². The van der Waals surface area contributed by atoms with Gasteiger partial charge in [0, 0.05) is 48.6 Å². The van der Waals surface area contributed by atoms with Crippen LogP contribution in [0.3, 0.4) is 0 Å². The first-order valence-electron chi connectivity index (χ1n) is 32.1. The van der Waals surface area contributed by atoms with E-state index in [-0.39, 0.29) is 44.3 Å². The summed E-state index contributed by atoms with van der Waals surface area (Å²) in [5, 5.41) is 33.9. The lowest BCUT2D eigenvalue weighted by Crippen LogP contribution is -2.52. The van der Waals surface area contributed by atoms with Gasteiger partial charge in [-0.2, -0.15) is 0 Å². The lowest BCUT2D eigenvalue weighted by Gasteiger charge is -2.43. The smallest absolute Gasteiger partial charge is 0.408 e. The molecule has 0 bridgehead atoms. The molecule has 3 aliphatic carbocycles. The molecule has 99 heavy (non-hydrogen) atoms. The van der Waals surface area contributed by atoms with E-state index in [2.05, 4.69) is 41.2 Å². The summed E-state index contributed by atoms with van der Waals surface area (Å²) in [6, 6.07) is 35.5. The molecule has 0 unspecified atom stereocenters. The number of carbonyl (C=O) groups excluding carboxylic acids is 3. The Balaban J connectivity index is 0.000000174. The number of rotatable bonds is 12. The lowest BCUT2D eigenvalue weighted by atomic mass is 9.72.